The van der Waals surface area contributed by atoms with E-state index in [1.807, 2.05) is 13.8 Å². The number of nitrogens with one attached hydrogen (secondary N) is 2. The maximum Gasteiger partial charge on any atom is 0.242 e. The second kappa shape index (κ2) is 8.80. The number of hydrogen-bond donors (Lipinski definition) is 2. The van der Waals surface area contributed by atoms with Crippen LogP contribution in [0.4, 0.5) is 10.8 Å². The van der Waals surface area contributed by atoms with Crippen LogP contribution in [0.25, 0.3) is 0 Å². The van der Waals surface area contributed by atoms with Crippen molar-refractivity contribution in [2.75, 3.05) is 30.5 Å². The summed E-state index contributed by atoms with van der Waals surface area (Å²) in [5, 5.41) is 14.6. The first-order valence-corrected chi connectivity index (χ1v) is 11.0. The van der Waals surface area contributed by atoms with Gasteiger partial charge < -0.3 is 10.6 Å². The normalized spacial score (nSPS) is 11.8. The quantitative estimate of drug-likeness (QED) is 0.638. The monoisotopic (exact) mass is 415 g/mol. The molecule has 1 aromatic carbocycles. The van der Waals surface area contributed by atoms with Crippen LogP contribution in [0.2, 0.25) is 0 Å². The molecule has 0 aliphatic carbocycles. The molecule has 0 radical (unpaired) electrons. The molecule has 0 aliphatic rings. The van der Waals surface area contributed by atoms with E-state index in [-0.39, 0.29) is 22.6 Å². The molecule has 1 aromatic heterocycles. The predicted octanol–water partition coefficient (Wildman–Crippen LogP) is 2.34. The van der Waals surface area contributed by atoms with Crippen LogP contribution in [-0.2, 0) is 14.8 Å². The average molecular weight is 416 g/mol. The lowest BCUT2D eigenvalue weighted by molar-refractivity contribution is -0.113. The van der Waals surface area contributed by atoms with Gasteiger partial charge in [0.1, 0.15) is 0 Å². The minimum Gasteiger partial charge on any atom is -0.358 e. The van der Waals surface area contributed by atoms with Crippen molar-refractivity contribution >= 4 is 49.8 Å². The Labute approximate surface area is 161 Å². The second-order valence-corrected chi connectivity index (χ2v) is 10.2. The Kier molecular flexibility index (Phi) is 6.98. The number of sulfonamides is 1. The Morgan fingerprint density at radius 2 is 2.04 bits per heavy atom. The fourth-order valence-corrected chi connectivity index (χ4v) is 4.49. The molecular formula is C15H21N5O3S3. The maximum absolute atomic E-state index is 12.1. The van der Waals surface area contributed by atoms with Crippen LogP contribution in [0.5, 0.6) is 0 Å². The largest absolute Gasteiger partial charge is 0.358 e. The number of hydrogen-bond acceptors (Lipinski definition) is 8. The summed E-state index contributed by atoms with van der Waals surface area (Å²) in [5.41, 5.74) is 0.429. The van der Waals surface area contributed by atoms with E-state index >= 15 is 0 Å². The van der Waals surface area contributed by atoms with Crippen LogP contribution in [0, 0.1) is 0 Å². The average Bonchev–Trinajstić information content (AvgIpc) is 2.99. The number of rotatable bonds is 8. The summed E-state index contributed by atoms with van der Waals surface area (Å²) in [7, 11) is -0.624. The number of benzene rings is 1. The standard InChI is InChI=1S/C15H21N5O3S3/c1-10(2)16-14-18-19-15(25-14)24-9-13(21)17-11-6-5-7-12(8-11)26(22,23)20(3)4/h5-8,10H,9H2,1-4H3,(H,16,18)(H,17,21). The molecular weight excluding hydrogens is 394 g/mol. The van der Waals surface area contributed by atoms with Gasteiger partial charge in [0.15, 0.2) is 4.34 Å². The van der Waals surface area contributed by atoms with E-state index in [0.717, 1.165) is 4.31 Å². The molecule has 8 nitrogen and oxygen atoms in total. The van der Waals surface area contributed by atoms with E-state index in [0.29, 0.717) is 15.2 Å². The van der Waals surface area contributed by atoms with E-state index in [1.54, 1.807) is 12.1 Å². The smallest absolute Gasteiger partial charge is 0.242 e. The topological polar surface area (TPSA) is 104 Å². The van der Waals surface area contributed by atoms with Gasteiger partial charge in [-0.05, 0) is 32.0 Å². The van der Waals surface area contributed by atoms with Crippen LogP contribution >= 0.6 is 23.1 Å². The Balaban J connectivity index is 1.95. The summed E-state index contributed by atoms with van der Waals surface area (Å²) >= 11 is 2.66. The summed E-state index contributed by atoms with van der Waals surface area (Å²) in [5.74, 6) is -0.0935. The van der Waals surface area contributed by atoms with Gasteiger partial charge in [-0.25, -0.2) is 12.7 Å². The lowest BCUT2D eigenvalue weighted by Crippen LogP contribution is -2.22. The van der Waals surface area contributed by atoms with Crippen molar-refractivity contribution in [3.8, 4) is 0 Å². The van der Waals surface area contributed by atoms with E-state index < -0.39 is 10.0 Å². The Bertz CT molecular complexity index is 865. The molecule has 2 rings (SSSR count). The fraction of sp³-hybridized carbons (Fsp3) is 0.400. The zero-order valence-corrected chi connectivity index (χ0v) is 17.3. The van der Waals surface area contributed by atoms with Crippen molar-refractivity contribution in [2.24, 2.45) is 0 Å². The molecule has 0 fully saturated rings. The van der Waals surface area contributed by atoms with Crippen LogP contribution in [0.15, 0.2) is 33.5 Å². The van der Waals surface area contributed by atoms with Gasteiger partial charge in [0.05, 0.1) is 10.6 Å². The van der Waals surface area contributed by atoms with Crippen LogP contribution in [0.1, 0.15) is 13.8 Å². The molecule has 0 atom stereocenters. The van der Waals surface area contributed by atoms with Gasteiger partial charge in [-0.2, -0.15) is 0 Å². The van der Waals surface area contributed by atoms with Crippen molar-refractivity contribution in [1.82, 2.24) is 14.5 Å². The third-order valence-electron chi connectivity index (χ3n) is 3.04. The molecule has 11 heteroatoms. The highest BCUT2D eigenvalue weighted by Gasteiger charge is 2.17. The molecule has 0 saturated heterocycles. The second-order valence-electron chi connectivity index (χ2n) is 5.82. The molecule has 0 bridgehead atoms. The summed E-state index contributed by atoms with van der Waals surface area (Å²) in [6.45, 7) is 4.01. The number of nitrogens with zero attached hydrogens (tertiary/aromatic N) is 3. The number of anilines is 2. The first-order valence-electron chi connectivity index (χ1n) is 7.74. The molecule has 2 N–H and O–H groups in total. The van der Waals surface area contributed by atoms with Gasteiger partial charge in [-0.1, -0.05) is 29.2 Å². The van der Waals surface area contributed by atoms with Gasteiger partial charge in [0, 0.05) is 25.8 Å². The molecule has 0 aliphatic heterocycles. The van der Waals surface area contributed by atoms with E-state index in [2.05, 4.69) is 20.8 Å². The van der Waals surface area contributed by atoms with E-state index in [1.165, 1.54) is 49.3 Å². The molecule has 2 aromatic rings. The Hall–Kier alpha value is -1.69. The zero-order valence-electron chi connectivity index (χ0n) is 14.9. The highest BCUT2D eigenvalue weighted by molar-refractivity contribution is 8.01. The van der Waals surface area contributed by atoms with Crippen molar-refractivity contribution in [2.45, 2.75) is 29.1 Å². The number of carbonyl (C=O) groups excluding carboxylic acids is 1. The van der Waals surface area contributed by atoms with Crippen molar-refractivity contribution in [3.63, 3.8) is 0 Å². The minimum absolute atomic E-state index is 0.126. The zero-order chi connectivity index (χ0) is 19.3. The highest BCUT2D eigenvalue weighted by atomic mass is 32.2. The molecule has 1 heterocycles. The summed E-state index contributed by atoms with van der Waals surface area (Å²) < 4.78 is 26.1. The minimum atomic E-state index is -3.54. The highest BCUT2D eigenvalue weighted by Crippen LogP contribution is 2.26. The number of carbonyl (C=O) groups is 1. The fourth-order valence-electron chi connectivity index (χ4n) is 1.84. The Morgan fingerprint density at radius 3 is 2.69 bits per heavy atom. The predicted molar refractivity (Wildman–Crippen MR) is 105 cm³/mol. The molecule has 0 saturated carbocycles. The van der Waals surface area contributed by atoms with Gasteiger partial charge in [0.25, 0.3) is 0 Å². The number of amides is 1. The SMILES string of the molecule is CC(C)Nc1nnc(SCC(=O)Nc2cccc(S(=O)(=O)N(C)C)c2)s1. The van der Waals surface area contributed by atoms with E-state index in [4.69, 9.17) is 0 Å². The summed E-state index contributed by atoms with van der Waals surface area (Å²) in [6.07, 6.45) is 0. The van der Waals surface area contributed by atoms with Gasteiger partial charge >= 0.3 is 0 Å². The number of aromatic nitrogens is 2. The van der Waals surface area contributed by atoms with E-state index in [9.17, 15) is 13.2 Å². The van der Waals surface area contributed by atoms with Gasteiger partial charge in [0.2, 0.25) is 21.1 Å². The summed E-state index contributed by atoms with van der Waals surface area (Å²) in [6, 6.07) is 6.42. The molecule has 1 amide bonds. The third kappa shape index (κ3) is 5.66. The van der Waals surface area contributed by atoms with Crippen LogP contribution in [-0.4, -0.2) is 54.7 Å². The molecule has 142 valence electrons. The van der Waals surface area contributed by atoms with Crippen LogP contribution < -0.4 is 10.6 Å². The number of thioether (sulfide) groups is 1. The first kappa shape index (κ1) is 20.6. The van der Waals surface area contributed by atoms with Crippen molar-refractivity contribution in [1.29, 1.82) is 0 Å². The maximum atomic E-state index is 12.1. The molecule has 0 unspecified atom stereocenters. The first-order chi connectivity index (χ1) is 12.2. The summed E-state index contributed by atoms with van der Waals surface area (Å²) in [4.78, 5) is 12.2. The van der Waals surface area contributed by atoms with Crippen molar-refractivity contribution < 1.29 is 13.2 Å². The molecule has 26 heavy (non-hydrogen) atoms. The molecule has 0 spiro atoms. The lowest BCUT2D eigenvalue weighted by atomic mass is 10.3. The lowest BCUT2D eigenvalue weighted by Gasteiger charge is -2.12. The van der Waals surface area contributed by atoms with Gasteiger partial charge in [-0.15, -0.1) is 10.2 Å². The Morgan fingerprint density at radius 1 is 1.31 bits per heavy atom. The van der Waals surface area contributed by atoms with Crippen molar-refractivity contribution in [3.05, 3.63) is 24.3 Å². The third-order valence-corrected chi connectivity index (χ3v) is 6.84. The van der Waals surface area contributed by atoms with Crippen LogP contribution in [0.3, 0.4) is 0 Å². The van der Waals surface area contributed by atoms with Gasteiger partial charge in [-0.3, -0.25) is 4.79 Å².